The van der Waals surface area contributed by atoms with Crippen molar-refractivity contribution in [3.63, 3.8) is 0 Å². The van der Waals surface area contributed by atoms with Crippen LogP contribution in [0.5, 0.6) is 11.5 Å². The topological polar surface area (TPSA) is 76.1 Å². The minimum Gasteiger partial charge on any atom is -0.507 e. The van der Waals surface area contributed by atoms with Crippen molar-refractivity contribution in [2.75, 3.05) is 12.0 Å². The molecule has 0 aliphatic carbocycles. The Morgan fingerprint density at radius 1 is 0.949 bits per heavy atom. The second-order valence-electron chi connectivity index (χ2n) is 10.7. The van der Waals surface area contributed by atoms with Gasteiger partial charge < -0.3 is 14.6 Å². The normalized spacial score (nSPS) is 17.2. The monoisotopic (exact) mass is 567 g/mol. The highest BCUT2D eigenvalue weighted by Crippen LogP contribution is 2.44. The summed E-state index contributed by atoms with van der Waals surface area (Å²) in [6.45, 7) is 10.2. The second-order valence-corrected chi connectivity index (χ2v) is 11.5. The molecule has 204 valence electrons. The predicted octanol–water partition coefficient (Wildman–Crippen LogP) is 7.71. The summed E-state index contributed by atoms with van der Waals surface area (Å²) in [7, 11) is 1.43. The summed E-state index contributed by atoms with van der Waals surface area (Å²) in [5.74, 6) is -1.08. The fourth-order valence-corrected chi connectivity index (χ4v) is 5.23. The third kappa shape index (κ3) is 5.63. The number of benzene rings is 3. The van der Waals surface area contributed by atoms with Gasteiger partial charge in [-0.25, -0.2) is 0 Å². The number of hydrogen-bond acceptors (Lipinski definition) is 5. The molecule has 1 unspecified atom stereocenters. The quantitative estimate of drug-likeness (QED) is 0.187. The van der Waals surface area contributed by atoms with Crippen LogP contribution >= 0.6 is 23.2 Å². The molecule has 1 aliphatic rings. The molecule has 1 heterocycles. The summed E-state index contributed by atoms with van der Waals surface area (Å²) in [4.78, 5) is 28.4. The Morgan fingerprint density at radius 2 is 1.51 bits per heavy atom. The van der Waals surface area contributed by atoms with Crippen molar-refractivity contribution < 1.29 is 24.2 Å². The molecule has 8 heteroatoms. The van der Waals surface area contributed by atoms with Gasteiger partial charge >= 0.3 is 0 Å². The minimum absolute atomic E-state index is 0.0189. The van der Waals surface area contributed by atoms with Crippen LogP contribution in [0.25, 0.3) is 5.76 Å². The van der Waals surface area contributed by atoms with Gasteiger partial charge in [0.1, 0.15) is 11.5 Å². The number of amides is 1. The van der Waals surface area contributed by atoms with E-state index in [0.29, 0.717) is 17.0 Å². The first-order valence-corrected chi connectivity index (χ1v) is 13.3. The number of carbonyl (C=O) groups excluding carboxylic acids is 2. The maximum Gasteiger partial charge on any atom is 0.300 e. The van der Waals surface area contributed by atoms with Crippen molar-refractivity contribution in [1.29, 1.82) is 0 Å². The van der Waals surface area contributed by atoms with E-state index in [2.05, 4.69) is 20.8 Å². The number of Topliss-reactive ketones (excluding diaryl/α,β-unsaturated/α-hetero) is 1. The SMILES string of the molecule is COc1c(Cl)cc(/C(O)=C2\C(=O)C(=O)N(c3ccc(OC(C)C)cc3)C2c2ccc(C(C)(C)C)cc2)cc1Cl. The Labute approximate surface area is 238 Å². The predicted molar refractivity (Wildman–Crippen MR) is 155 cm³/mol. The van der Waals surface area contributed by atoms with Gasteiger partial charge in [0.25, 0.3) is 11.7 Å². The summed E-state index contributed by atoms with van der Waals surface area (Å²) in [5.41, 5.74) is 2.28. The summed E-state index contributed by atoms with van der Waals surface area (Å²) in [6, 6.07) is 16.6. The van der Waals surface area contributed by atoms with Gasteiger partial charge in [0.2, 0.25) is 0 Å². The molecule has 3 aromatic carbocycles. The van der Waals surface area contributed by atoms with Crippen molar-refractivity contribution in [1.82, 2.24) is 0 Å². The maximum atomic E-state index is 13.5. The fraction of sp³-hybridized carbons (Fsp3) is 0.290. The van der Waals surface area contributed by atoms with Crippen molar-refractivity contribution >= 4 is 46.3 Å². The highest BCUT2D eigenvalue weighted by Gasteiger charge is 2.47. The lowest BCUT2D eigenvalue weighted by Gasteiger charge is -2.27. The van der Waals surface area contributed by atoms with E-state index < -0.39 is 17.7 Å². The van der Waals surface area contributed by atoms with Gasteiger partial charge in [0, 0.05) is 11.3 Å². The maximum absolute atomic E-state index is 13.5. The lowest BCUT2D eigenvalue weighted by molar-refractivity contribution is -0.132. The van der Waals surface area contributed by atoms with Gasteiger partial charge in [0.15, 0.2) is 5.75 Å². The average molecular weight is 568 g/mol. The number of carbonyl (C=O) groups is 2. The van der Waals surface area contributed by atoms with Gasteiger partial charge in [-0.3, -0.25) is 14.5 Å². The second kappa shape index (κ2) is 10.9. The van der Waals surface area contributed by atoms with E-state index in [4.69, 9.17) is 32.7 Å². The smallest absolute Gasteiger partial charge is 0.300 e. The first kappa shape index (κ1) is 28.5. The molecule has 1 amide bonds. The number of aliphatic hydroxyl groups excluding tert-OH is 1. The van der Waals surface area contributed by atoms with Crippen LogP contribution in [-0.4, -0.2) is 30.0 Å². The first-order chi connectivity index (χ1) is 18.3. The van der Waals surface area contributed by atoms with Crippen molar-refractivity contribution in [3.8, 4) is 11.5 Å². The third-order valence-electron chi connectivity index (χ3n) is 6.50. The molecule has 6 nitrogen and oxygen atoms in total. The number of hydrogen-bond donors (Lipinski definition) is 1. The standard InChI is InChI=1S/C31H31Cl2NO5/c1-17(2)39-22-13-11-21(12-14-22)34-26(18-7-9-20(10-8-18)31(3,4)5)25(28(36)30(34)37)27(35)19-15-23(32)29(38-6)24(33)16-19/h7-17,26,35H,1-6H3/b27-25+. The summed E-state index contributed by atoms with van der Waals surface area (Å²) < 4.78 is 11.0. The molecule has 0 bridgehead atoms. The summed E-state index contributed by atoms with van der Waals surface area (Å²) >= 11 is 12.6. The average Bonchev–Trinajstić information content (AvgIpc) is 3.13. The number of ketones is 1. The number of methoxy groups -OCH3 is 1. The van der Waals surface area contributed by atoms with Crippen LogP contribution in [0, 0.1) is 0 Å². The molecular formula is C31H31Cl2NO5. The number of rotatable bonds is 6. The molecule has 1 fully saturated rings. The van der Waals surface area contributed by atoms with E-state index in [1.165, 1.54) is 24.1 Å². The molecule has 0 radical (unpaired) electrons. The van der Waals surface area contributed by atoms with E-state index in [1.807, 2.05) is 38.1 Å². The number of aliphatic hydroxyl groups is 1. The van der Waals surface area contributed by atoms with Crippen LogP contribution in [0.15, 0.2) is 66.2 Å². The van der Waals surface area contributed by atoms with Crippen LogP contribution < -0.4 is 14.4 Å². The summed E-state index contributed by atoms with van der Waals surface area (Å²) in [6.07, 6.45) is -0.0189. The Bertz CT molecular complexity index is 1410. The van der Waals surface area contributed by atoms with Crippen molar-refractivity contribution in [2.24, 2.45) is 0 Å². The summed E-state index contributed by atoms with van der Waals surface area (Å²) in [5, 5.41) is 11.8. The van der Waals surface area contributed by atoms with Crippen LogP contribution in [-0.2, 0) is 15.0 Å². The lowest BCUT2D eigenvalue weighted by Crippen LogP contribution is -2.29. The van der Waals surface area contributed by atoms with Gasteiger partial charge in [-0.2, -0.15) is 0 Å². The van der Waals surface area contributed by atoms with E-state index in [-0.39, 0.29) is 44.2 Å². The van der Waals surface area contributed by atoms with Crippen LogP contribution in [0.2, 0.25) is 10.0 Å². The molecule has 1 saturated heterocycles. The molecular weight excluding hydrogens is 537 g/mol. The van der Waals surface area contributed by atoms with Gasteiger partial charge in [-0.15, -0.1) is 0 Å². The number of anilines is 1. The van der Waals surface area contributed by atoms with Crippen molar-refractivity contribution in [2.45, 2.75) is 52.2 Å². The van der Waals surface area contributed by atoms with Gasteiger partial charge in [-0.1, -0.05) is 68.2 Å². The highest BCUT2D eigenvalue weighted by molar-refractivity contribution is 6.51. The van der Waals surface area contributed by atoms with Crippen LogP contribution in [0.4, 0.5) is 5.69 Å². The van der Waals surface area contributed by atoms with E-state index >= 15 is 0 Å². The third-order valence-corrected chi connectivity index (χ3v) is 7.06. The Hall–Kier alpha value is -3.48. The Morgan fingerprint density at radius 3 is 2.00 bits per heavy atom. The molecule has 3 aromatic rings. The molecule has 0 spiro atoms. The molecule has 0 aromatic heterocycles. The molecule has 0 saturated carbocycles. The zero-order chi connectivity index (χ0) is 28.6. The largest absolute Gasteiger partial charge is 0.507 e. The van der Waals surface area contributed by atoms with E-state index in [0.717, 1.165) is 5.56 Å². The fourth-order valence-electron chi connectivity index (χ4n) is 4.58. The van der Waals surface area contributed by atoms with E-state index in [1.54, 1.807) is 24.3 Å². The molecule has 1 atom stereocenters. The Kier molecular flexibility index (Phi) is 8.01. The highest BCUT2D eigenvalue weighted by atomic mass is 35.5. The first-order valence-electron chi connectivity index (χ1n) is 12.5. The van der Waals surface area contributed by atoms with Crippen LogP contribution in [0.1, 0.15) is 57.4 Å². The number of halogens is 2. The number of ether oxygens (including phenoxy) is 2. The van der Waals surface area contributed by atoms with Gasteiger partial charge in [-0.05, 0) is 66.8 Å². The van der Waals surface area contributed by atoms with Crippen LogP contribution in [0.3, 0.4) is 0 Å². The molecule has 1 N–H and O–H groups in total. The zero-order valence-electron chi connectivity index (χ0n) is 22.7. The number of nitrogens with zero attached hydrogens (tertiary/aromatic N) is 1. The van der Waals surface area contributed by atoms with Gasteiger partial charge in [0.05, 0.1) is 34.9 Å². The van der Waals surface area contributed by atoms with E-state index in [9.17, 15) is 14.7 Å². The molecule has 4 rings (SSSR count). The Balaban J connectivity index is 1.90. The lowest BCUT2D eigenvalue weighted by atomic mass is 9.85. The van der Waals surface area contributed by atoms with Crippen molar-refractivity contribution in [3.05, 3.63) is 93.0 Å². The zero-order valence-corrected chi connectivity index (χ0v) is 24.2. The minimum atomic E-state index is -0.893. The molecule has 39 heavy (non-hydrogen) atoms. The molecule has 1 aliphatic heterocycles.